The summed E-state index contributed by atoms with van der Waals surface area (Å²) in [6.07, 6.45) is 12.5. The van der Waals surface area contributed by atoms with Gasteiger partial charge in [0.2, 0.25) is 0 Å². The Labute approximate surface area is 60.1 Å². The van der Waals surface area contributed by atoms with E-state index < -0.39 is 0 Å². The van der Waals surface area contributed by atoms with Crippen LogP contribution in [0.15, 0.2) is 42.8 Å². The van der Waals surface area contributed by atoms with Crippen LogP contribution in [0.4, 0.5) is 0 Å². The Morgan fingerprint density at radius 3 is 2.60 bits per heavy atom. The predicted octanol–water partition coefficient (Wildman–Crippen LogP) is 2.22. The summed E-state index contributed by atoms with van der Waals surface area (Å²) < 4.78 is 0. The molecule has 0 aromatic carbocycles. The van der Waals surface area contributed by atoms with Crippen molar-refractivity contribution in [2.45, 2.75) is 5.92 Å². The number of H-pyrrole nitrogens is 1. The molecule has 0 aliphatic heterocycles. The Balaban J connectivity index is 2.29. The van der Waals surface area contributed by atoms with Gasteiger partial charge in [-0.05, 0) is 11.6 Å². The molecule has 50 valence electrons. The van der Waals surface area contributed by atoms with Crippen molar-refractivity contribution in [1.82, 2.24) is 4.98 Å². The monoisotopic (exact) mass is 131 g/mol. The van der Waals surface area contributed by atoms with Crippen LogP contribution in [-0.4, -0.2) is 4.98 Å². The van der Waals surface area contributed by atoms with Crippen LogP contribution in [0.2, 0.25) is 0 Å². The first-order valence-electron chi connectivity index (χ1n) is 3.44. The van der Waals surface area contributed by atoms with Crippen LogP contribution in [0.1, 0.15) is 11.5 Å². The van der Waals surface area contributed by atoms with Gasteiger partial charge in [-0.1, -0.05) is 24.3 Å². The second kappa shape index (κ2) is 2.18. The number of rotatable bonds is 1. The smallest absolute Gasteiger partial charge is 0.0219 e. The van der Waals surface area contributed by atoms with Crippen molar-refractivity contribution < 1.29 is 0 Å². The topological polar surface area (TPSA) is 15.8 Å². The highest BCUT2D eigenvalue weighted by Gasteiger charge is 2.05. The number of aromatic nitrogens is 1. The predicted molar refractivity (Wildman–Crippen MR) is 41.8 cm³/mol. The summed E-state index contributed by atoms with van der Waals surface area (Å²) in [6, 6.07) is 2.10. The normalized spacial score (nSPS) is 16.8. The van der Waals surface area contributed by atoms with Crippen LogP contribution in [0.25, 0.3) is 0 Å². The van der Waals surface area contributed by atoms with Gasteiger partial charge in [-0.3, -0.25) is 0 Å². The van der Waals surface area contributed by atoms with E-state index in [0.717, 1.165) is 0 Å². The van der Waals surface area contributed by atoms with Gasteiger partial charge in [0.25, 0.3) is 0 Å². The van der Waals surface area contributed by atoms with E-state index in [0.29, 0.717) is 5.92 Å². The van der Waals surface area contributed by atoms with E-state index in [1.54, 1.807) is 0 Å². The minimum atomic E-state index is 0.506. The molecule has 0 radical (unpaired) electrons. The molecular weight excluding hydrogens is 122 g/mol. The quantitative estimate of drug-likeness (QED) is 0.601. The van der Waals surface area contributed by atoms with Crippen LogP contribution in [0.3, 0.4) is 0 Å². The first kappa shape index (κ1) is 5.54. The highest BCUT2D eigenvalue weighted by molar-refractivity contribution is 5.32. The largest absolute Gasteiger partial charge is 0.367 e. The lowest BCUT2D eigenvalue weighted by molar-refractivity contribution is 1.11. The van der Waals surface area contributed by atoms with E-state index in [4.69, 9.17) is 0 Å². The average molecular weight is 131 g/mol. The molecular formula is C9H9N. The average Bonchev–Trinajstić information content (AvgIpc) is 2.59. The van der Waals surface area contributed by atoms with Crippen molar-refractivity contribution in [2.75, 3.05) is 0 Å². The minimum Gasteiger partial charge on any atom is -0.367 e. The molecule has 0 saturated heterocycles. The lowest BCUT2D eigenvalue weighted by atomic mass is 10.1. The molecule has 0 amide bonds. The summed E-state index contributed by atoms with van der Waals surface area (Å²) in [5.74, 6) is 0.506. The third-order valence-corrected chi connectivity index (χ3v) is 1.75. The zero-order chi connectivity index (χ0) is 6.81. The fourth-order valence-corrected chi connectivity index (χ4v) is 1.20. The molecule has 1 nitrogen and oxygen atoms in total. The summed E-state index contributed by atoms with van der Waals surface area (Å²) in [5, 5.41) is 0. The van der Waals surface area contributed by atoms with E-state index >= 15 is 0 Å². The van der Waals surface area contributed by atoms with Gasteiger partial charge in [-0.2, -0.15) is 0 Å². The molecule has 0 unspecified atom stereocenters. The molecule has 0 fully saturated rings. The summed E-state index contributed by atoms with van der Waals surface area (Å²) in [7, 11) is 0. The molecule has 1 aliphatic rings. The van der Waals surface area contributed by atoms with Gasteiger partial charge >= 0.3 is 0 Å². The first-order valence-corrected chi connectivity index (χ1v) is 3.44. The van der Waals surface area contributed by atoms with Crippen LogP contribution < -0.4 is 0 Å². The van der Waals surface area contributed by atoms with E-state index in [1.807, 2.05) is 12.4 Å². The fourth-order valence-electron chi connectivity index (χ4n) is 1.20. The third-order valence-electron chi connectivity index (χ3n) is 1.75. The number of nitrogens with one attached hydrogen (secondary N) is 1. The maximum absolute atomic E-state index is 3.04. The van der Waals surface area contributed by atoms with Crippen molar-refractivity contribution in [1.29, 1.82) is 0 Å². The Kier molecular flexibility index (Phi) is 1.21. The van der Waals surface area contributed by atoms with Crippen LogP contribution in [0, 0.1) is 0 Å². The maximum atomic E-state index is 3.04. The van der Waals surface area contributed by atoms with Gasteiger partial charge in [0.15, 0.2) is 0 Å². The highest BCUT2D eigenvalue weighted by Crippen LogP contribution is 2.21. The molecule has 1 N–H and O–H groups in total. The molecule has 1 aromatic rings. The molecule has 1 heteroatoms. The molecule has 0 saturated carbocycles. The minimum absolute atomic E-state index is 0.506. The van der Waals surface area contributed by atoms with Gasteiger partial charge in [-0.15, -0.1) is 0 Å². The summed E-state index contributed by atoms with van der Waals surface area (Å²) in [5.41, 5.74) is 1.34. The fraction of sp³-hybridized carbons (Fsp3) is 0.111. The van der Waals surface area contributed by atoms with E-state index in [9.17, 15) is 0 Å². The van der Waals surface area contributed by atoms with E-state index in [2.05, 4.69) is 35.4 Å². The Bertz CT molecular complexity index is 242. The number of allylic oxidation sites excluding steroid dienone is 4. The Hall–Kier alpha value is -1.24. The Morgan fingerprint density at radius 2 is 2.00 bits per heavy atom. The van der Waals surface area contributed by atoms with Gasteiger partial charge in [0.1, 0.15) is 0 Å². The van der Waals surface area contributed by atoms with Crippen molar-refractivity contribution in [3.05, 3.63) is 48.3 Å². The van der Waals surface area contributed by atoms with Gasteiger partial charge < -0.3 is 4.98 Å². The Morgan fingerprint density at radius 1 is 1.20 bits per heavy atom. The third kappa shape index (κ3) is 0.798. The van der Waals surface area contributed by atoms with Gasteiger partial charge in [0, 0.05) is 18.3 Å². The van der Waals surface area contributed by atoms with Crippen molar-refractivity contribution in [2.24, 2.45) is 0 Å². The SMILES string of the molecule is C1=CC(c2cc[nH]c2)C=C1. The van der Waals surface area contributed by atoms with E-state index in [-0.39, 0.29) is 0 Å². The summed E-state index contributed by atoms with van der Waals surface area (Å²) in [6.45, 7) is 0. The van der Waals surface area contributed by atoms with Crippen LogP contribution in [0.5, 0.6) is 0 Å². The molecule has 0 atom stereocenters. The summed E-state index contributed by atoms with van der Waals surface area (Å²) in [4.78, 5) is 3.04. The van der Waals surface area contributed by atoms with Crippen molar-refractivity contribution in [3.8, 4) is 0 Å². The van der Waals surface area contributed by atoms with E-state index in [1.165, 1.54) is 5.56 Å². The number of aromatic amines is 1. The van der Waals surface area contributed by atoms with Crippen molar-refractivity contribution in [3.63, 3.8) is 0 Å². The summed E-state index contributed by atoms with van der Waals surface area (Å²) >= 11 is 0. The van der Waals surface area contributed by atoms with Gasteiger partial charge in [0.05, 0.1) is 0 Å². The zero-order valence-electron chi connectivity index (χ0n) is 5.62. The molecule has 1 heterocycles. The van der Waals surface area contributed by atoms with Crippen LogP contribution in [-0.2, 0) is 0 Å². The van der Waals surface area contributed by atoms with Crippen LogP contribution >= 0.6 is 0 Å². The lowest BCUT2D eigenvalue weighted by Crippen LogP contribution is -1.83. The molecule has 0 bridgehead atoms. The second-order valence-electron chi connectivity index (χ2n) is 2.44. The first-order chi connectivity index (χ1) is 4.97. The number of hydrogen-bond acceptors (Lipinski definition) is 0. The van der Waals surface area contributed by atoms with Gasteiger partial charge in [-0.25, -0.2) is 0 Å². The molecule has 1 aromatic heterocycles. The highest BCUT2D eigenvalue weighted by atomic mass is 14.6. The molecule has 10 heavy (non-hydrogen) atoms. The van der Waals surface area contributed by atoms with Crippen molar-refractivity contribution >= 4 is 0 Å². The molecule has 1 aliphatic carbocycles. The molecule has 0 spiro atoms. The zero-order valence-corrected chi connectivity index (χ0v) is 5.62. The maximum Gasteiger partial charge on any atom is 0.0219 e. The molecule has 2 rings (SSSR count). The number of hydrogen-bond donors (Lipinski definition) is 1. The second-order valence-corrected chi connectivity index (χ2v) is 2.44. The standard InChI is InChI=1S/C9H9N/c1-2-4-8(3-1)9-5-6-10-7-9/h1-8,10H. The lowest BCUT2D eigenvalue weighted by Gasteiger charge is -1.98.